The lowest BCUT2D eigenvalue weighted by atomic mass is 9.84. The first-order chi connectivity index (χ1) is 12.0. The summed E-state index contributed by atoms with van der Waals surface area (Å²) in [4.78, 5) is 0. The predicted octanol–water partition coefficient (Wildman–Crippen LogP) is 6.68. The monoisotopic (exact) mass is 328 g/mol. The maximum Gasteiger partial charge on any atom is 0.00925 e. The van der Waals surface area contributed by atoms with E-state index in [1.165, 1.54) is 38.9 Å². The molecule has 3 aromatic rings. The Morgan fingerprint density at radius 3 is 1.48 bits per heavy atom. The van der Waals surface area contributed by atoms with Crippen molar-refractivity contribution in [3.05, 3.63) is 106 Å². The molecule has 0 bridgehead atoms. The molecule has 0 aliphatic carbocycles. The fourth-order valence-electron chi connectivity index (χ4n) is 3.66. The van der Waals surface area contributed by atoms with E-state index in [4.69, 9.17) is 0 Å². The molecule has 0 heteroatoms. The Bertz CT molecular complexity index is 757. The molecule has 0 atom stereocenters. The number of hydrogen-bond donors (Lipinski definition) is 0. The van der Waals surface area contributed by atoms with E-state index in [0.717, 1.165) is 12.8 Å². The standard InChI is InChI=1S/C25H28/c1-18-8-12-22(13-9-18)25(23-14-10-19(2)11-15-23)17-16-24-20(3)6-5-7-21(24)4/h5-15,25H,16-17H2,1-4H3. The van der Waals surface area contributed by atoms with Crippen molar-refractivity contribution in [2.45, 2.75) is 46.5 Å². The van der Waals surface area contributed by atoms with Gasteiger partial charge in [-0.05, 0) is 68.4 Å². The Hall–Kier alpha value is -2.34. The van der Waals surface area contributed by atoms with Gasteiger partial charge in [0.05, 0.1) is 0 Å². The van der Waals surface area contributed by atoms with Gasteiger partial charge in [-0.15, -0.1) is 0 Å². The first-order valence-electron chi connectivity index (χ1n) is 9.23. The summed E-state index contributed by atoms with van der Waals surface area (Å²) in [5, 5.41) is 0. The summed E-state index contributed by atoms with van der Waals surface area (Å²) in [5.41, 5.74) is 9.80. The quantitative estimate of drug-likeness (QED) is 0.490. The molecule has 25 heavy (non-hydrogen) atoms. The molecule has 128 valence electrons. The molecule has 0 unspecified atom stereocenters. The highest BCUT2D eigenvalue weighted by atomic mass is 14.2. The molecule has 3 aromatic carbocycles. The average Bonchev–Trinajstić information content (AvgIpc) is 2.60. The molecule has 0 aromatic heterocycles. The van der Waals surface area contributed by atoms with Crippen molar-refractivity contribution in [3.63, 3.8) is 0 Å². The summed E-state index contributed by atoms with van der Waals surface area (Å²) in [6, 6.07) is 24.7. The van der Waals surface area contributed by atoms with Crippen LogP contribution in [-0.2, 0) is 6.42 Å². The Morgan fingerprint density at radius 1 is 0.600 bits per heavy atom. The Morgan fingerprint density at radius 2 is 1.04 bits per heavy atom. The summed E-state index contributed by atoms with van der Waals surface area (Å²) >= 11 is 0. The third-order valence-electron chi connectivity index (χ3n) is 5.29. The van der Waals surface area contributed by atoms with E-state index in [1.807, 2.05) is 0 Å². The number of benzene rings is 3. The summed E-state index contributed by atoms with van der Waals surface area (Å²) in [6.07, 6.45) is 2.25. The second kappa shape index (κ2) is 7.70. The van der Waals surface area contributed by atoms with Crippen LogP contribution in [0.5, 0.6) is 0 Å². The zero-order chi connectivity index (χ0) is 17.8. The van der Waals surface area contributed by atoms with E-state index < -0.39 is 0 Å². The summed E-state index contributed by atoms with van der Waals surface area (Å²) < 4.78 is 0. The van der Waals surface area contributed by atoms with E-state index >= 15 is 0 Å². The fraction of sp³-hybridized carbons (Fsp3) is 0.280. The van der Waals surface area contributed by atoms with Crippen molar-refractivity contribution in [2.24, 2.45) is 0 Å². The molecule has 0 radical (unpaired) electrons. The second-order valence-electron chi connectivity index (χ2n) is 7.28. The van der Waals surface area contributed by atoms with Crippen LogP contribution < -0.4 is 0 Å². The van der Waals surface area contributed by atoms with Crippen LogP contribution in [0.15, 0.2) is 66.7 Å². The lowest BCUT2D eigenvalue weighted by Gasteiger charge is -2.20. The molecule has 0 aliphatic heterocycles. The molecular formula is C25H28. The first kappa shape index (κ1) is 17.5. The molecular weight excluding hydrogens is 300 g/mol. The number of hydrogen-bond acceptors (Lipinski definition) is 0. The van der Waals surface area contributed by atoms with Crippen LogP contribution >= 0.6 is 0 Å². The van der Waals surface area contributed by atoms with Gasteiger partial charge in [0.2, 0.25) is 0 Å². The van der Waals surface area contributed by atoms with Crippen molar-refractivity contribution < 1.29 is 0 Å². The minimum Gasteiger partial charge on any atom is -0.0617 e. The van der Waals surface area contributed by atoms with Gasteiger partial charge < -0.3 is 0 Å². The zero-order valence-corrected chi connectivity index (χ0v) is 15.8. The van der Waals surface area contributed by atoms with E-state index in [2.05, 4.69) is 94.4 Å². The Kier molecular flexibility index (Phi) is 5.38. The fourth-order valence-corrected chi connectivity index (χ4v) is 3.66. The van der Waals surface area contributed by atoms with Gasteiger partial charge in [-0.1, -0.05) is 77.9 Å². The van der Waals surface area contributed by atoms with Crippen LogP contribution in [0.4, 0.5) is 0 Å². The van der Waals surface area contributed by atoms with Crippen molar-refractivity contribution >= 4 is 0 Å². The van der Waals surface area contributed by atoms with Gasteiger partial charge in [-0.2, -0.15) is 0 Å². The Balaban J connectivity index is 1.91. The normalized spacial score (nSPS) is 11.1. The van der Waals surface area contributed by atoms with Gasteiger partial charge >= 0.3 is 0 Å². The lowest BCUT2D eigenvalue weighted by Crippen LogP contribution is -2.05. The van der Waals surface area contributed by atoms with Crippen LogP contribution in [0.3, 0.4) is 0 Å². The van der Waals surface area contributed by atoms with Crippen LogP contribution in [0.2, 0.25) is 0 Å². The van der Waals surface area contributed by atoms with Gasteiger partial charge in [0.15, 0.2) is 0 Å². The Labute approximate surface area is 152 Å². The van der Waals surface area contributed by atoms with Crippen LogP contribution in [0.1, 0.15) is 51.3 Å². The second-order valence-corrected chi connectivity index (χ2v) is 7.28. The molecule has 0 aliphatic rings. The summed E-state index contributed by atoms with van der Waals surface area (Å²) in [7, 11) is 0. The van der Waals surface area contributed by atoms with Crippen LogP contribution in [0, 0.1) is 27.7 Å². The highest BCUT2D eigenvalue weighted by molar-refractivity contribution is 5.37. The maximum absolute atomic E-state index is 2.30. The average molecular weight is 328 g/mol. The van der Waals surface area contributed by atoms with E-state index in [-0.39, 0.29) is 0 Å². The molecule has 0 spiro atoms. The maximum atomic E-state index is 2.30. The summed E-state index contributed by atoms with van der Waals surface area (Å²) in [6.45, 7) is 8.77. The highest BCUT2D eigenvalue weighted by Gasteiger charge is 2.15. The molecule has 3 rings (SSSR count). The van der Waals surface area contributed by atoms with Crippen LogP contribution in [0.25, 0.3) is 0 Å². The molecule has 0 saturated carbocycles. The van der Waals surface area contributed by atoms with Gasteiger partial charge in [-0.25, -0.2) is 0 Å². The van der Waals surface area contributed by atoms with Crippen molar-refractivity contribution in [3.8, 4) is 0 Å². The minimum atomic E-state index is 0.445. The first-order valence-corrected chi connectivity index (χ1v) is 9.23. The van der Waals surface area contributed by atoms with Crippen molar-refractivity contribution in [1.29, 1.82) is 0 Å². The highest BCUT2D eigenvalue weighted by Crippen LogP contribution is 2.31. The smallest absolute Gasteiger partial charge is 0.00925 e. The SMILES string of the molecule is Cc1ccc(C(CCc2c(C)cccc2C)c2ccc(C)cc2)cc1. The van der Waals surface area contributed by atoms with Crippen molar-refractivity contribution in [1.82, 2.24) is 0 Å². The molecule has 0 amide bonds. The molecule has 0 nitrogen and oxygen atoms in total. The van der Waals surface area contributed by atoms with E-state index in [0.29, 0.717) is 5.92 Å². The van der Waals surface area contributed by atoms with Gasteiger partial charge in [-0.3, -0.25) is 0 Å². The third-order valence-corrected chi connectivity index (χ3v) is 5.29. The van der Waals surface area contributed by atoms with Gasteiger partial charge in [0.25, 0.3) is 0 Å². The number of aryl methyl sites for hydroxylation is 4. The molecule has 0 N–H and O–H groups in total. The lowest BCUT2D eigenvalue weighted by molar-refractivity contribution is 0.710. The number of rotatable bonds is 5. The molecule has 0 fully saturated rings. The van der Waals surface area contributed by atoms with E-state index in [9.17, 15) is 0 Å². The van der Waals surface area contributed by atoms with E-state index in [1.54, 1.807) is 0 Å². The topological polar surface area (TPSA) is 0 Å². The van der Waals surface area contributed by atoms with Crippen LogP contribution in [-0.4, -0.2) is 0 Å². The summed E-state index contributed by atoms with van der Waals surface area (Å²) in [5.74, 6) is 0.445. The van der Waals surface area contributed by atoms with Gasteiger partial charge in [0, 0.05) is 5.92 Å². The predicted molar refractivity (Wildman–Crippen MR) is 108 cm³/mol. The zero-order valence-electron chi connectivity index (χ0n) is 15.8. The molecule has 0 heterocycles. The van der Waals surface area contributed by atoms with Crippen molar-refractivity contribution in [2.75, 3.05) is 0 Å². The minimum absolute atomic E-state index is 0.445. The largest absolute Gasteiger partial charge is 0.0617 e. The molecule has 0 saturated heterocycles. The third kappa shape index (κ3) is 4.20. The van der Waals surface area contributed by atoms with Gasteiger partial charge in [0.1, 0.15) is 0 Å².